The molecule has 0 radical (unpaired) electrons. The van der Waals surface area contributed by atoms with Gasteiger partial charge >= 0.3 is 0 Å². The summed E-state index contributed by atoms with van der Waals surface area (Å²) < 4.78 is 8.95. The van der Waals surface area contributed by atoms with Gasteiger partial charge in [0.1, 0.15) is 11.2 Å². The van der Waals surface area contributed by atoms with E-state index in [9.17, 15) is 0 Å². The van der Waals surface area contributed by atoms with Crippen LogP contribution in [0.25, 0.3) is 94.7 Å². The van der Waals surface area contributed by atoms with E-state index >= 15 is 0 Å². The molecule has 0 unspecified atom stereocenters. The Labute approximate surface area is 363 Å². The van der Waals surface area contributed by atoms with Crippen molar-refractivity contribution in [2.45, 2.75) is 5.41 Å². The second kappa shape index (κ2) is 13.8. The first kappa shape index (κ1) is 35.4. The van der Waals surface area contributed by atoms with Gasteiger partial charge < -0.3 is 4.42 Å². The van der Waals surface area contributed by atoms with Gasteiger partial charge in [-0.3, -0.25) is 4.57 Å². The van der Waals surface area contributed by atoms with E-state index in [1.807, 2.05) is 60.7 Å². The van der Waals surface area contributed by atoms with E-state index in [-0.39, 0.29) is 0 Å². The van der Waals surface area contributed by atoms with Crippen LogP contribution in [0.3, 0.4) is 0 Å². The summed E-state index contributed by atoms with van der Waals surface area (Å²) in [6.07, 6.45) is 0. The Hall–Kier alpha value is -8.41. The van der Waals surface area contributed by atoms with E-state index in [0.717, 1.165) is 66.0 Å². The summed E-state index contributed by atoms with van der Waals surface area (Å²) in [7, 11) is 0. The number of furan rings is 1. The molecule has 0 amide bonds. The highest BCUT2D eigenvalue weighted by atomic mass is 16.3. The minimum absolute atomic E-state index is 0.491. The molecule has 0 N–H and O–H groups in total. The monoisotopic (exact) mass is 804 g/mol. The third-order valence-corrected chi connectivity index (χ3v) is 12.9. The average Bonchev–Trinajstić information content (AvgIpc) is 3.99. The van der Waals surface area contributed by atoms with Gasteiger partial charge in [-0.05, 0) is 87.0 Å². The zero-order valence-corrected chi connectivity index (χ0v) is 34.0. The summed E-state index contributed by atoms with van der Waals surface area (Å²) in [5.41, 5.74) is 14.9. The quantitative estimate of drug-likeness (QED) is 0.168. The largest absolute Gasteiger partial charge is 0.456 e. The lowest BCUT2D eigenvalue weighted by Gasteiger charge is -2.33. The van der Waals surface area contributed by atoms with Crippen molar-refractivity contribution in [2.75, 3.05) is 0 Å². The van der Waals surface area contributed by atoms with Crippen molar-refractivity contribution in [3.63, 3.8) is 0 Å². The number of nitrogens with zero attached hydrogens (tertiary/aromatic N) is 4. The summed E-state index contributed by atoms with van der Waals surface area (Å²) >= 11 is 0. The van der Waals surface area contributed by atoms with Gasteiger partial charge in [0.15, 0.2) is 11.6 Å². The summed E-state index contributed by atoms with van der Waals surface area (Å²) in [6.45, 7) is 0. The van der Waals surface area contributed by atoms with Crippen molar-refractivity contribution in [2.24, 2.45) is 0 Å². The van der Waals surface area contributed by atoms with Gasteiger partial charge in [0.2, 0.25) is 5.95 Å². The Morgan fingerprint density at radius 2 is 0.889 bits per heavy atom. The molecular formula is C58H36N4O. The average molecular weight is 805 g/mol. The predicted molar refractivity (Wildman–Crippen MR) is 255 cm³/mol. The van der Waals surface area contributed by atoms with E-state index in [2.05, 4.69) is 162 Å². The van der Waals surface area contributed by atoms with Crippen LogP contribution >= 0.6 is 0 Å². The standard InChI is InChI=1S/C58H36N4O/c1-5-17-37(18-6-1)55-59-56(38-19-7-2-8-20-38)61-57(60-55)62-51-28-16-14-26-44(51)46-33-39(29-31-52(46)62)40-30-32-53-47(34-40)48-35-45-43-25-13-15-27-49(43)58(41-21-9-3-10-22-41,42-23-11-4-12-24-42)50(45)36-54(48)63-53/h1-36H. The maximum Gasteiger partial charge on any atom is 0.238 e. The van der Waals surface area contributed by atoms with Gasteiger partial charge in [-0.2, -0.15) is 9.97 Å². The van der Waals surface area contributed by atoms with Crippen molar-refractivity contribution in [3.8, 4) is 51.0 Å². The highest BCUT2D eigenvalue weighted by Gasteiger charge is 2.46. The number of hydrogen-bond acceptors (Lipinski definition) is 4. The summed E-state index contributed by atoms with van der Waals surface area (Å²) in [6, 6.07) is 77.4. The molecule has 3 heterocycles. The highest BCUT2D eigenvalue weighted by Crippen LogP contribution is 2.57. The van der Waals surface area contributed by atoms with Gasteiger partial charge in [0.05, 0.1) is 16.4 Å². The number of para-hydroxylation sites is 1. The van der Waals surface area contributed by atoms with Crippen LogP contribution in [0.2, 0.25) is 0 Å². The van der Waals surface area contributed by atoms with Crippen molar-refractivity contribution in [1.82, 2.24) is 19.5 Å². The van der Waals surface area contributed by atoms with E-state index in [0.29, 0.717) is 17.6 Å². The zero-order valence-electron chi connectivity index (χ0n) is 34.0. The zero-order chi connectivity index (χ0) is 41.5. The Morgan fingerprint density at radius 1 is 0.349 bits per heavy atom. The van der Waals surface area contributed by atoms with Crippen LogP contribution in [-0.2, 0) is 5.41 Å². The van der Waals surface area contributed by atoms with Gasteiger partial charge in [-0.25, -0.2) is 4.98 Å². The highest BCUT2D eigenvalue weighted by molar-refractivity contribution is 6.12. The Bertz CT molecular complexity index is 3630. The second-order valence-electron chi connectivity index (χ2n) is 16.3. The SMILES string of the molecule is c1ccc(-c2nc(-c3ccccc3)nc(-n3c4ccccc4c4cc(-c5ccc6oc7cc8c(cc7c6c5)-c5ccccc5C8(c5ccccc5)c5ccccc5)ccc43)n2)cc1. The molecule has 294 valence electrons. The van der Waals surface area contributed by atoms with E-state index in [1.165, 1.54) is 33.4 Å². The summed E-state index contributed by atoms with van der Waals surface area (Å²) in [5, 5.41) is 4.44. The van der Waals surface area contributed by atoms with Crippen LogP contribution in [0.4, 0.5) is 0 Å². The lowest BCUT2D eigenvalue weighted by molar-refractivity contribution is 0.666. The van der Waals surface area contributed by atoms with Gasteiger partial charge in [-0.1, -0.05) is 176 Å². The first-order valence-electron chi connectivity index (χ1n) is 21.3. The van der Waals surface area contributed by atoms with Crippen molar-refractivity contribution >= 4 is 43.7 Å². The fraction of sp³-hybridized carbons (Fsp3) is 0.0172. The number of hydrogen-bond donors (Lipinski definition) is 0. The molecule has 9 aromatic carbocycles. The molecule has 0 atom stereocenters. The van der Waals surface area contributed by atoms with Crippen LogP contribution in [-0.4, -0.2) is 19.5 Å². The molecule has 63 heavy (non-hydrogen) atoms. The van der Waals surface area contributed by atoms with Crippen LogP contribution in [0.15, 0.2) is 223 Å². The van der Waals surface area contributed by atoms with Crippen LogP contribution in [0.5, 0.6) is 0 Å². The molecule has 0 aliphatic heterocycles. The van der Waals surface area contributed by atoms with Gasteiger partial charge in [-0.15, -0.1) is 0 Å². The molecule has 3 aromatic heterocycles. The normalized spacial score (nSPS) is 12.9. The molecule has 5 heteroatoms. The molecule has 1 aliphatic rings. The lowest BCUT2D eigenvalue weighted by Crippen LogP contribution is -2.28. The van der Waals surface area contributed by atoms with Crippen molar-refractivity contribution in [1.29, 1.82) is 0 Å². The number of aromatic nitrogens is 4. The predicted octanol–water partition coefficient (Wildman–Crippen LogP) is 14.2. The first-order chi connectivity index (χ1) is 31.2. The molecule has 1 aliphatic carbocycles. The topological polar surface area (TPSA) is 56.7 Å². The smallest absolute Gasteiger partial charge is 0.238 e. The third-order valence-electron chi connectivity index (χ3n) is 12.9. The second-order valence-corrected chi connectivity index (χ2v) is 16.3. The van der Waals surface area contributed by atoms with Crippen LogP contribution < -0.4 is 0 Å². The Balaban J connectivity index is 0.980. The first-order valence-corrected chi connectivity index (χ1v) is 21.3. The van der Waals surface area contributed by atoms with E-state index in [1.54, 1.807) is 0 Å². The number of rotatable bonds is 6. The fourth-order valence-corrected chi connectivity index (χ4v) is 10.2. The molecule has 0 saturated carbocycles. The molecule has 0 saturated heterocycles. The molecule has 12 aromatic rings. The molecule has 0 fully saturated rings. The summed E-state index contributed by atoms with van der Waals surface area (Å²) in [4.78, 5) is 15.2. The molecule has 13 rings (SSSR count). The lowest BCUT2D eigenvalue weighted by atomic mass is 9.67. The molecule has 0 bridgehead atoms. The Morgan fingerprint density at radius 3 is 1.57 bits per heavy atom. The van der Waals surface area contributed by atoms with Crippen LogP contribution in [0, 0.1) is 0 Å². The maximum absolute atomic E-state index is 6.77. The minimum Gasteiger partial charge on any atom is -0.456 e. The van der Waals surface area contributed by atoms with E-state index in [4.69, 9.17) is 19.4 Å². The molecular weight excluding hydrogens is 769 g/mol. The Kier molecular flexibility index (Phi) is 7.75. The summed E-state index contributed by atoms with van der Waals surface area (Å²) in [5.74, 6) is 1.83. The molecule has 5 nitrogen and oxygen atoms in total. The number of fused-ring (bicyclic) bond motifs is 9. The van der Waals surface area contributed by atoms with Crippen molar-refractivity contribution in [3.05, 3.63) is 241 Å². The fourth-order valence-electron chi connectivity index (χ4n) is 10.2. The van der Waals surface area contributed by atoms with E-state index < -0.39 is 5.41 Å². The minimum atomic E-state index is -0.491. The molecule has 0 spiro atoms. The van der Waals surface area contributed by atoms with Crippen molar-refractivity contribution < 1.29 is 4.42 Å². The number of benzene rings is 9. The third kappa shape index (κ3) is 5.33. The van der Waals surface area contributed by atoms with Gasteiger partial charge in [0, 0.05) is 32.7 Å². The van der Waals surface area contributed by atoms with Crippen LogP contribution in [0.1, 0.15) is 22.3 Å². The van der Waals surface area contributed by atoms with Gasteiger partial charge in [0.25, 0.3) is 0 Å². The maximum atomic E-state index is 6.77.